The average molecular weight is 549 g/mol. The topological polar surface area (TPSA) is 114 Å². The first-order valence-corrected chi connectivity index (χ1v) is 14.0. The van der Waals surface area contributed by atoms with Crippen molar-refractivity contribution in [3.63, 3.8) is 0 Å². The predicted molar refractivity (Wildman–Crippen MR) is 138 cm³/mol. The van der Waals surface area contributed by atoms with Gasteiger partial charge in [0.05, 0.1) is 36.8 Å². The standard InChI is InChI=1S/C29H38F2N2O6/c1-28(27(36)37)7-5-18(6-8-28)39-22-12-19(21(38-2)13-20(22)31)25(34)33-24-17-4-3-16(11-17)23(24)26(35)32-15-29(14-30)9-10-29/h12-13,16-18,23-24H,3-11,14-15H2,1-2H3,(H,32,35)(H,33,34)(H,36,37)/t16-,17+,18-,23+,24-,28+/m1/s1. The Morgan fingerprint density at radius 3 is 2.36 bits per heavy atom. The van der Waals surface area contributed by atoms with Gasteiger partial charge in [0.1, 0.15) is 5.75 Å². The number of carbonyl (C=O) groups is 3. The van der Waals surface area contributed by atoms with Crippen LogP contribution in [0.1, 0.15) is 75.1 Å². The fraction of sp³-hybridized carbons (Fsp3) is 0.690. The first-order valence-electron chi connectivity index (χ1n) is 14.0. The summed E-state index contributed by atoms with van der Waals surface area (Å²) < 4.78 is 39.4. The first kappa shape index (κ1) is 27.6. The molecule has 2 amide bonds. The molecule has 2 bridgehead atoms. The lowest BCUT2D eigenvalue weighted by molar-refractivity contribution is -0.150. The zero-order valence-electron chi connectivity index (χ0n) is 22.6. The largest absolute Gasteiger partial charge is 0.496 e. The number of methoxy groups -OCH3 is 1. The van der Waals surface area contributed by atoms with Gasteiger partial charge in [0.2, 0.25) is 5.91 Å². The van der Waals surface area contributed by atoms with Crippen molar-refractivity contribution in [2.45, 2.75) is 76.9 Å². The fourth-order valence-corrected chi connectivity index (χ4v) is 6.74. The number of carboxylic acid groups (broad SMARTS) is 1. The fourth-order valence-electron chi connectivity index (χ4n) is 6.74. The molecule has 39 heavy (non-hydrogen) atoms. The molecule has 0 radical (unpaired) electrons. The third kappa shape index (κ3) is 5.43. The number of hydrogen-bond donors (Lipinski definition) is 3. The van der Waals surface area contributed by atoms with E-state index in [4.69, 9.17) is 9.47 Å². The van der Waals surface area contributed by atoms with Gasteiger partial charge in [-0.1, -0.05) is 0 Å². The lowest BCUT2D eigenvalue weighted by Gasteiger charge is -2.34. The van der Waals surface area contributed by atoms with E-state index >= 15 is 0 Å². The quantitative estimate of drug-likeness (QED) is 0.403. The zero-order chi connectivity index (χ0) is 27.9. The summed E-state index contributed by atoms with van der Waals surface area (Å²) in [4.78, 5) is 38.2. The van der Waals surface area contributed by atoms with E-state index in [-0.39, 0.29) is 47.0 Å². The number of benzene rings is 1. The molecule has 0 spiro atoms. The second-order valence-corrected chi connectivity index (χ2v) is 12.4. The van der Waals surface area contributed by atoms with Crippen molar-refractivity contribution in [3.8, 4) is 11.5 Å². The Kier molecular flexibility index (Phi) is 7.50. The highest BCUT2D eigenvalue weighted by molar-refractivity contribution is 5.98. The third-order valence-corrected chi connectivity index (χ3v) is 9.74. The Morgan fingerprint density at radius 2 is 1.74 bits per heavy atom. The normalized spacial score (nSPS) is 32.4. The maximum atomic E-state index is 14.9. The highest BCUT2D eigenvalue weighted by Crippen LogP contribution is 2.50. The monoisotopic (exact) mass is 548 g/mol. The van der Waals surface area contributed by atoms with Gasteiger partial charge in [-0.2, -0.15) is 0 Å². The number of hydrogen-bond acceptors (Lipinski definition) is 5. The van der Waals surface area contributed by atoms with E-state index in [1.807, 2.05) is 0 Å². The smallest absolute Gasteiger partial charge is 0.309 e. The first-order chi connectivity index (χ1) is 18.6. The van der Waals surface area contributed by atoms with Gasteiger partial charge in [-0.15, -0.1) is 0 Å². The van der Waals surface area contributed by atoms with Crippen molar-refractivity contribution in [3.05, 3.63) is 23.5 Å². The highest BCUT2D eigenvalue weighted by Gasteiger charge is 2.52. The number of carboxylic acids is 1. The number of carbonyl (C=O) groups excluding carboxylic acids is 2. The molecule has 0 saturated heterocycles. The summed E-state index contributed by atoms with van der Waals surface area (Å²) in [6.07, 6.45) is 5.62. The van der Waals surface area contributed by atoms with E-state index in [2.05, 4.69) is 10.6 Å². The van der Waals surface area contributed by atoms with Crippen LogP contribution in [0.4, 0.5) is 8.78 Å². The second-order valence-electron chi connectivity index (χ2n) is 12.4. The van der Waals surface area contributed by atoms with Crippen LogP contribution in [0.5, 0.6) is 11.5 Å². The van der Waals surface area contributed by atoms with E-state index in [0.717, 1.165) is 38.2 Å². The van der Waals surface area contributed by atoms with E-state index in [1.165, 1.54) is 13.2 Å². The van der Waals surface area contributed by atoms with Gasteiger partial charge in [0, 0.05) is 24.1 Å². The highest BCUT2D eigenvalue weighted by atomic mass is 19.1. The van der Waals surface area contributed by atoms with Crippen molar-refractivity contribution >= 4 is 17.8 Å². The van der Waals surface area contributed by atoms with Crippen LogP contribution in [-0.4, -0.2) is 55.4 Å². The molecule has 0 aromatic heterocycles. The van der Waals surface area contributed by atoms with Gasteiger partial charge in [-0.05, 0) is 82.6 Å². The molecule has 0 unspecified atom stereocenters. The summed E-state index contributed by atoms with van der Waals surface area (Å²) in [5.41, 5.74) is -1.14. The van der Waals surface area contributed by atoms with Crippen LogP contribution in [0.25, 0.3) is 0 Å². The predicted octanol–water partition coefficient (Wildman–Crippen LogP) is 4.26. The van der Waals surface area contributed by atoms with Crippen LogP contribution in [0.15, 0.2) is 12.1 Å². The lowest BCUT2D eigenvalue weighted by atomic mass is 9.75. The Morgan fingerprint density at radius 1 is 1.05 bits per heavy atom. The molecule has 10 heteroatoms. The van der Waals surface area contributed by atoms with Crippen LogP contribution >= 0.6 is 0 Å². The number of nitrogens with one attached hydrogen (secondary N) is 2. The van der Waals surface area contributed by atoms with Gasteiger partial charge in [-0.3, -0.25) is 18.8 Å². The number of amides is 2. The third-order valence-electron chi connectivity index (χ3n) is 9.74. The van der Waals surface area contributed by atoms with Crippen LogP contribution in [0.3, 0.4) is 0 Å². The van der Waals surface area contributed by atoms with Crippen LogP contribution in [0, 0.1) is 34.4 Å². The van der Waals surface area contributed by atoms with Crippen molar-refractivity contribution in [2.24, 2.45) is 28.6 Å². The summed E-state index contributed by atoms with van der Waals surface area (Å²) in [6, 6.07) is 2.07. The average Bonchev–Trinajstić information content (AvgIpc) is 3.43. The van der Waals surface area contributed by atoms with Gasteiger partial charge in [0.15, 0.2) is 11.6 Å². The molecule has 0 aliphatic heterocycles. The molecule has 0 heterocycles. The van der Waals surface area contributed by atoms with E-state index in [9.17, 15) is 28.3 Å². The van der Waals surface area contributed by atoms with Gasteiger partial charge in [0.25, 0.3) is 5.91 Å². The Bertz CT molecular complexity index is 1130. The molecule has 1 aromatic rings. The summed E-state index contributed by atoms with van der Waals surface area (Å²) in [7, 11) is 1.35. The number of aliphatic carboxylic acids is 1. The molecular weight excluding hydrogens is 510 g/mol. The number of alkyl halides is 1. The number of rotatable bonds is 10. The van der Waals surface area contributed by atoms with E-state index in [1.54, 1.807) is 6.92 Å². The SMILES string of the molecule is COc1cc(F)c(O[C@H]2CC[C@@](C)(C(=O)O)CC2)cc1C(=O)N[C@@H]1[C@H]2CC[C@H](C2)[C@@H]1C(=O)NCC1(CF)CC1. The van der Waals surface area contributed by atoms with Crippen molar-refractivity contribution in [1.29, 1.82) is 0 Å². The maximum absolute atomic E-state index is 14.9. The number of fused-ring (bicyclic) bond motifs is 2. The minimum Gasteiger partial charge on any atom is -0.496 e. The Balaban J connectivity index is 1.28. The maximum Gasteiger partial charge on any atom is 0.309 e. The summed E-state index contributed by atoms with van der Waals surface area (Å²) in [5, 5.41) is 15.4. The summed E-state index contributed by atoms with van der Waals surface area (Å²) >= 11 is 0. The van der Waals surface area contributed by atoms with E-state index in [0.29, 0.717) is 32.2 Å². The minimum absolute atomic E-state index is 0.0576. The molecule has 1 aromatic carbocycles. The molecule has 3 N–H and O–H groups in total. The molecule has 4 aliphatic carbocycles. The van der Waals surface area contributed by atoms with Gasteiger partial charge < -0.3 is 25.2 Å². The summed E-state index contributed by atoms with van der Waals surface area (Å²) in [5.74, 6) is -2.24. The van der Waals surface area contributed by atoms with Crippen molar-refractivity contribution < 1.29 is 37.7 Å². The molecule has 4 atom stereocenters. The molecule has 4 aliphatic rings. The molecule has 4 saturated carbocycles. The molecule has 4 fully saturated rings. The number of halogens is 2. The van der Waals surface area contributed by atoms with Crippen molar-refractivity contribution in [1.82, 2.24) is 10.6 Å². The van der Waals surface area contributed by atoms with Gasteiger partial charge in [-0.25, -0.2) is 4.39 Å². The van der Waals surface area contributed by atoms with E-state index < -0.39 is 41.1 Å². The molecule has 8 nitrogen and oxygen atoms in total. The Labute approximate surface area is 227 Å². The zero-order valence-corrected chi connectivity index (χ0v) is 22.6. The van der Waals surface area contributed by atoms with Crippen LogP contribution < -0.4 is 20.1 Å². The lowest BCUT2D eigenvalue weighted by Crippen LogP contribution is -2.50. The van der Waals surface area contributed by atoms with Crippen LogP contribution in [0.2, 0.25) is 0 Å². The van der Waals surface area contributed by atoms with Crippen molar-refractivity contribution in [2.75, 3.05) is 20.3 Å². The minimum atomic E-state index is -0.849. The summed E-state index contributed by atoms with van der Waals surface area (Å²) in [6.45, 7) is 1.57. The van der Waals surface area contributed by atoms with Gasteiger partial charge >= 0.3 is 5.97 Å². The molecule has 214 valence electrons. The van der Waals surface area contributed by atoms with Crippen LogP contribution in [-0.2, 0) is 9.59 Å². The molecular formula is C29H38F2N2O6. The Hall–Kier alpha value is -2.91. The second kappa shape index (κ2) is 10.6. The molecule has 5 rings (SSSR count). The number of ether oxygens (including phenoxy) is 2.